The molecule has 3 aromatic rings. The van der Waals surface area contributed by atoms with E-state index in [1.54, 1.807) is 6.20 Å². The fourth-order valence-electron chi connectivity index (χ4n) is 2.41. The second-order valence-corrected chi connectivity index (χ2v) is 7.90. The number of pyridine rings is 1. The van der Waals surface area contributed by atoms with Gasteiger partial charge in [-0.2, -0.15) is 5.10 Å². The van der Waals surface area contributed by atoms with E-state index >= 15 is 0 Å². The molecule has 0 fully saturated rings. The Balaban J connectivity index is 1.95. The van der Waals surface area contributed by atoms with Crippen LogP contribution in [0.4, 0.5) is 0 Å². The topological polar surface area (TPSA) is 116 Å². The zero-order valence-corrected chi connectivity index (χ0v) is 14.9. The van der Waals surface area contributed by atoms with Crippen molar-refractivity contribution in [1.82, 2.24) is 15.2 Å². The van der Waals surface area contributed by atoms with Crippen molar-refractivity contribution in [1.29, 1.82) is 0 Å². The lowest BCUT2D eigenvalue weighted by molar-refractivity contribution is 0.460. The Morgan fingerprint density at radius 3 is 2.65 bits per heavy atom. The van der Waals surface area contributed by atoms with Gasteiger partial charge in [-0.25, -0.2) is 13.4 Å². The summed E-state index contributed by atoms with van der Waals surface area (Å²) < 4.78 is 25.4. The van der Waals surface area contributed by atoms with Gasteiger partial charge in [0.25, 0.3) is 0 Å². The second kappa shape index (κ2) is 6.81. The quantitative estimate of drug-likeness (QED) is 0.453. The molecule has 3 N–H and O–H groups in total. The van der Waals surface area contributed by atoms with Crippen LogP contribution in [0, 0.1) is 0 Å². The number of nitrogens with one attached hydrogen (secondary N) is 1. The SMILES string of the molecule is C=C(O)c1ccc(CS(=O)(=O)c2cnc(Cl)c(-c3cn[nH]c3)c2)cc1O. The van der Waals surface area contributed by atoms with Gasteiger partial charge >= 0.3 is 0 Å². The second-order valence-electron chi connectivity index (χ2n) is 5.55. The van der Waals surface area contributed by atoms with Crippen LogP contribution < -0.4 is 0 Å². The van der Waals surface area contributed by atoms with Gasteiger partial charge in [-0.05, 0) is 23.8 Å². The molecule has 2 aromatic heterocycles. The summed E-state index contributed by atoms with van der Waals surface area (Å²) in [6.07, 6.45) is 4.28. The number of halogens is 1. The highest BCUT2D eigenvalue weighted by atomic mass is 35.5. The first-order valence-electron chi connectivity index (χ1n) is 7.35. The van der Waals surface area contributed by atoms with E-state index in [1.165, 1.54) is 36.7 Å². The number of nitrogens with zero attached hydrogens (tertiary/aromatic N) is 2. The predicted octanol–water partition coefficient (Wildman–Crippen LogP) is 3.33. The summed E-state index contributed by atoms with van der Waals surface area (Å²) in [6, 6.07) is 5.60. The van der Waals surface area contributed by atoms with E-state index in [0.29, 0.717) is 16.7 Å². The van der Waals surface area contributed by atoms with Crippen LogP contribution in [0.2, 0.25) is 5.15 Å². The Kier molecular flexibility index (Phi) is 4.71. The van der Waals surface area contributed by atoms with Gasteiger partial charge in [-0.1, -0.05) is 24.2 Å². The van der Waals surface area contributed by atoms with Crippen LogP contribution in [-0.4, -0.2) is 33.8 Å². The van der Waals surface area contributed by atoms with E-state index in [2.05, 4.69) is 21.8 Å². The number of aromatic nitrogens is 3. The first-order valence-corrected chi connectivity index (χ1v) is 9.38. The van der Waals surface area contributed by atoms with Crippen LogP contribution in [0.5, 0.6) is 5.75 Å². The van der Waals surface area contributed by atoms with E-state index < -0.39 is 9.84 Å². The molecule has 0 unspecified atom stereocenters. The Morgan fingerprint density at radius 1 is 1.27 bits per heavy atom. The number of aromatic amines is 1. The lowest BCUT2D eigenvalue weighted by Gasteiger charge is -2.09. The van der Waals surface area contributed by atoms with Gasteiger partial charge < -0.3 is 10.2 Å². The number of hydrogen-bond donors (Lipinski definition) is 3. The monoisotopic (exact) mass is 391 g/mol. The minimum Gasteiger partial charge on any atom is -0.508 e. The highest BCUT2D eigenvalue weighted by Gasteiger charge is 2.19. The van der Waals surface area contributed by atoms with Crippen LogP contribution in [0.15, 0.2) is 54.3 Å². The maximum absolute atomic E-state index is 12.7. The van der Waals surface area contributed by atoms with Crippen molar-refractivity contribution in [2.45, 2.75) is 10.6 Å². The third-order valence-corrected chi connectivity index (χ3v) is 5.67. The summed E-state index contributed by atoms with van der Waals surface area (Å²) >= 11 is 6.05. The van der Waals surface area contributed by atoms with Crippen molar-refractivity contribution in [3.63, 3.8) is 0 Å². The Hall–Kier alpha value is -2.84. The van der Waals surface area contributed by atoms with Gasteiger partial charge in [0, 0.05) is 23.5 Å². The molecule has 1 aromatic carbocycles. The average Bonchev–Trinajstić information content (AvgIpc) is 3.08. The molecule has 7 nitrogen and oxygen atoms in total. The molecule has 0 amide bonds. The molecule has 0 bridgehead atoms. The van der Waals surface area contributed by atoms with Gasteiger partial charge in [-0.15, -0.1) is 0 Å². The Bertz CT molecular complexity index is 1080. The minimum absolute atomic E-state index is 0.00626. The van der Waals surface area contributed by atoms with E-state index in [4.69, 9.17) is 11.6 Å². The summed E-state index contributed by atoms with van der Waals surface area (Å²) in [7, 11) is -3.74. The molecule has 0 saturated heterocycles. The number of H-pyrrole nitrogens is 1. The van der Waals surface area contributed by atoms with Crippen molar-refractivity contribution >= 4 is 27.2 Å². The first-order chi connectivity index (χ1) is 12.3. The smallest absolute Gasteiger partial charge is 0.184 e. The molecule has 3 rings (SSSR count). The molecule has 0 aliphatic carbocycles. The lowest BCUT2D eigenvalue weighted by Crippen LogP contribution is -2.06. The van der Waals surface area contributed by atoms with Crippen LogP contribution in [0.25, 0.3) is 16.9 Å². The number of rotatable bonds is 5. The maximum Gasteiger partial charge on any atom is 0.184 e. The van der Waals surface area contributed by atoms with Crippen LogP contribution in [-0.2, 0) is 15.6 Å². The summed E-state index contributed by atoms with van der Waals surface area (Å²) in [5.74, 6) is -0.908. The third-order valence-electron chi connectivity index (χ3n) is 3.71. The largest absolute Gasteiger partial charge is 0.508 e. The molecule has 0 aliphatic heterocycles. The molecule has 26 heavy (non-hydrogen) atoms. The van der Waals surface area contributed by atoms with Gasteiger partial charge in [0.05, 0.1) is 22.4 Å². The van der Waals surface area contributed by atoms with Crippen molar-refractivity contribution in [3.05, 3.63) is 65.7 Å². The van der Waals surface area contributed by atoms with Crippen LogP contribution >= 0.6 is 11.6 Å². The third kappa shape index (κ3) is 3.56. The minimum atomic E-state index is -3.74. The van der Waals surface area contributed by atoms with Crippen molar-refractivity contribution in [2.75, 3.05) is 0 Å². The van der Waals surface area contributed by atoms with Crippen LogP contribution in [0.1, 0.15) is 11.1 Å². The number of phenolic OH excluding ortho intramolecular Hbond substituents is 1. The van der Waals surface area contributed by atoms with E-state index in [9.17, 15) is 18.6 Å². The molecule has 0 aliphatic rings. The average molecular weight is 392 g/mol. The fourth-order valence-corrected chi connectivity index (χ4v) is 3.92. The maximum atomic E-state index is 12.7. The highest BCUT2D eigenvalue weighted by Crippen LogP contribution is 2.30. The Labute approximate surface area is 154 Å². The molecule has 2 heterocycles. The summed E-state index contributed by atoms with van der Waals surface area (Å²) in [6.45, 7) is 3.33. The van der Waals surface area contributed by atoms with Gasteiger partial charge in [0.1, 0.15) is 16.7 Å². The van der Waals surface area contributed by atoms with E-state index in [-0.39, 0.29) is 32.9 Å². The predicted molar refractivity (Wildman–Crippen MR) is 97.5 cm³/mol. The van der Waals surface area contributed by atoms with E-state index in [1.807, 2.05) is 0 Å². The number of aliphatic hydroxyl groups excluding tert-OH is 1. The number of hydrogen-bond acceptors (Lipinski definition) is 6. The van der Waals surface area contributed by atoms with Gasteiger partial charge in [-0.3, -0.25) is 5.10 Å². The lowest BCUT2D eigenvalue weighted by atomic mass is 10.1. The van der Waals surface area contributed by atoms with E-state index in [0.717, 1.165) is 0 Å². The normalized spacial score (nSPS) is 11.4. The number of phenols is 1. The molecular formula is C17H14ClN3O4S. The summed E-state index contributed by atoms with van der Waals surface area (Å²) in [5, 5.41) is 25.8. The number of benzene rings is 1. The molecule has 0 saturated carbocycles. The van der Waals surface area contributed by atoms with Crippen LogP contribution in [0.3, 0.4) is 0 Å². The number of aliphatic hydroxyl groups is 1. The number of sulfone groups is 1. The fraction of sp³-hybridized carbons (Fsp3) is 0.0588. The van der Waals surface area contributed by atoms with Gasteiger partial charge in [0.2, 0.25) is 0 Å². The number of aromatic hydroxyl groups is 1. The molecule has 9 heteroatoms. The van der Waals surface area contributed by atoms with Gasteiger partial charge in [0.15, 0.2) is 9.84 Å². The van der Waals surface area contributed by atoms with Crippen molar-refractivity contribution in [3.8, 4) is 16.9 Å². The molecule has 0 spiro atoms. The summed E-state index contributed by atoms with van der Waals surface area (Å²) in [4.78, 5) is 3.94. The summed E-state index contributed by atoms with van der Waals surface area (Å²) in [5.41, 5.74) is 1.55. The zero-order valence-electron chi connectivity index (χ0n) is 13.3. The first kappa shape index (κ1) is 18.0. The molecule has 0 radical (unpaired) electrons. The molecule has 134 valence electrons. The highest BCUT2D eigenvalue weighted by molar-refractivity contribution is 7.90. The van der Waals surface area contributed by atoms with Crippen molar-refractivity contribution < 1.29 is 18.6 Å². The van der Waals surface area contributed by atoms with Crippen molar-refractivity contribution in [2.24, 2.45) is 0 Å². The molecular weight excluding hydrogens is 378 g/mol. The molecule has 0 atom stereocenters. The Morgan fingerprint density at radius 2 is 2.04 bits per heavy atom. The standard InChI is InChI=1S/C17H14ClN3O4S/c1-10(22)14-3-2-11(4-16(14)23)9-26(24,25)13-5-15(17(18)19-8-13)12-6-20-21-7-12/h2-8,22-23H,1,9H2,(H,20,21). The zero-order chi connectivity index (χ0) is 18.9.